The second-order valence-electron chi connectivity index (χ2n) is 5.38. The summed E-state index contributed by atoms with van der Waals surface area (Å²) in [6.07, 6.45) is 0.288. The van der Waals surface area contributed by atoms with Crippen molar-refractivity contribution >= 4 is 21.6 Å². The van der Waals surface area contributed by atoms with Crippen molar-refractivity contribution in [3.05, 3.63) is 60.2 Å². The third-order valence-electron chi connectivity index (χ3n) is 3.77. The first-order valence-corrected chi connectivity index (χ1v) is 8.70. The second kappa shape index (κ2) is 6.29. The first-order chi connectivity index (χ1) is 11.4. The van der Waals surface area contributed by atoms with Crippen LogP contribution < -0.4 is 9.62 Å². The lowest BCUT2D eigenvalue weighted by Crippen LogP contribution is -2.41. The molecule has 1 unspecified atom stereocenters. The zero-order valence-corrected chi connectivity index (χ0v) is 13.3. The molecule has 1 aliphatic rings. The quantitative estimate of drug-likeness (QED) is 0.916. The van der Waals surface area contributed by atoms with E-state index in [9.17, 15) is 22.0 Å². The van der Waals surface area contributed by atoms with Gasteiger partial charge in [0.05, 0.1) is 4.90 Å². The summed E-state index contributed by atoms with van der Waals surface area (Å²) in [7, 11) is -3.93. The maximum Gasteiger partial charge on any atom is 0.245 e. The molecule has 1 heterocycles. The van der Waals surface area contributed by atoms with Gasteiger partial charge in [-0.15, -0.1) is 0 Å². The van der Waals surface area contributed by atoms with E-state index in [1.54, 1.807) is 0 Å². The fraction of sp³-hybridized carbons (Fsp3) is 0.188. The van der Waals surface area contributed by atoms with E-state index in [0.717, 1.165) is 24.3 Å². The Morgan fingerprint density at radius 3 is 2.08 bits per heavy atom. The Hall–Kier alpha value is -2.32. The number of carbonyl (C=O) groups is 1. The molecule has 1 amide bonds. The number of amides is 1. The Kier molecular flexibility index (Phi) is 4.33. The van der Waals surface area contributed by atoms with Crippen LogP contribution in [0.5, 0.6) is 0 Å². The predicted molar refractivity (Wildman–Crippen MR) is 83.9 cm³/mol. The summed E-state index contributed by atoms with van der Waals surface area (Å²) in [4.78, 5) is 13.7. The van der Waals surface area contributed by atoms with Crippen LogP contribution in [0.4, 0.5) is 14.5 Å². The zero-order chi connectivity index (χ0) is 17.3. The van der Waals surface area contributed by atoms with Crippen LogP contribution in [0.15, 0.2) is 53.4 Å². The van der Waals surface area contributed by atoms with Gasteiger partial charge in [-0.25, -0.2) is 17.2 Å². The molecule has 8 heteroatoms. The lowest BCUT2D eigenvalue weighted by molar-refractivity contribution is -0.118. The smallest absolute Gasteiger partial charge is 0.245 e. The highest BCUT2D eigenvalue weighted by molar-refractivity contribution is 7.89. The molecule has 0 bridgehead atoms. The zero-order valence-electron chi connectivity index (χ0n) is 12.4. The molecule has 1 N–H and O–H groups in total. The second-order valence-corrected chi connectivity index (χ2v) is 7.10. The van der Waals surface area contributed by atoms with Gasteiger partial charge >= 0.3 is 0 Å². The van der Waals surface area contributed by atoms with E-state index in [1.165, 1.54) is 29.2 Å². The SMILES string of the molecule is O=C1C(NS(=O)(=O)c2ccc(F)cc2)CCN1c1ccc(F)cc1. The summed E-state index contributed by atoms with van der Waals surface area (Å²) in [5.41, 5.74) is 0.505. The molecule has 24 heavy (non-hydrogen) atoms. The normalized spacial score (nSPS) is 18.2. The number of hydrogen-bond donors (Lipinski definition) is 1. The highest BCUT2D eigenvalue weighted by Crippen LogP contribution is 2.23. The molecule has 0 aromatic heterocycles. The number of anilines is 1. The standard InChI is InChI=1S/C16H14F2N2O3S/c17-11-1-5-13(6-2-11)20-10-9-15(16(20)21)19-24(22,23)14-7-3-12(18)4-8-14/h1-8,15,19H,9-10H2. The van der Waals surface area contributed by atoms with E-state index in [-0.39, 0.29) is 11.3 Å². The van der Waals surface area contributed by atoms with Crippen LogP contribution >= 0.6 is 0 Å². The van der Waals surface area contributed by atoms with Crippen molar-refractivity contribution in [2.75, 3.05) is 11.4 Å². The first kappa shape index (κ1) is 16.5. The van der Waals surface area contributed by atoms with Gasteiger partial charge in [0.1, 0.15) is 17.7 Å². The molecular weight excluding hydrogens is 338 g/mol. The van der Waals surface area contributed by atoms with Crippen LogP contribution in [0.3, 0.4) is 0 Å². The number of sulfonamides is 1. The van der Waals surface area contributed by atoms with E-state index in [1.807, 2.05) is 0 Å². The molecule has 1 atom stereocenters. The number of carbonyl (C=O) groups excluding carboxylic acids is 1. The summed E-state index contributed by atoms with van der Waals surface area (Å²) in [5, 5.41) is 0. The fourth-order valence-electron chi connectivity index (χ4n) is 2.54. The van der Waals surface area contributed by atoms with Crippen molar-refractivity contribution in [1.82, 2.24) is 4.72 Å². The number of nitrogens with one attached hydrogen (secondary N) is 1. The summed E-state index contributed by atoms with van der Waals surface area (Å²) in [6, 6.07) is 8.82. The Balaban J connectivity index is 1.76. The number of hydrogen-bond acceptors (Lipinski definition) is 3. The number of nitrogens with zero attached hydrogens (tertiary/aromatic N) is 1. The minimum Gasteiger partial charge on any atom is -0.311 e. The van der Waals surface area contributed by atoms with E-state index < -0.39 is 33.6 Å². The van der Waals surface area contributed by atoms with Crippen molar-refractivity contribution in [3.63, 3.8) is 0 Å². The summed E-state index contributed by atoms with van der Waals surface area (Å²) in [6.45, 7) is 0.321. The maximum atomic E-state index is 13.0. The van der Waals surface area contributed by atoms with Crippen molar-refractivity contribution in [2.45, 2.75) is 17.4 Å². The van der Waals surface area contributed by atoms with Gasteiger partial charge in [0.2, 0.25) is 15.9 Å². The largest absolute Gasteiger partial charge is 0.311 e. The lowest BCUT2D eigenvalue weighted by Gasteiger charge is -2.17. The molecule has 2 aromatic rings. The van der Waals surface area contributed by atoms with Crippen molar-refractivity contribution in [3.8, 4) is 0 Å². The Labute approximate surface area is 138 Å². The fourth-order valence-corrected chi connectivity index (χ4v) is 3.76. The summed E-state index contributed by atoms with van der Waals surface area (Å²) < 4.78 is 52.8. The van der Waals surface area contributed by atoms with Crippen LogP contribution in [0.2, 0.25) is 0 Å². The minimum atomic E-state index is -3.93. The Morgan fingerprint density at radius 2 is 1.50 bits per heavy atom. The molecule has 0 saturated carbocycles. The van der Waals surface area contributed by atoms with Crippen LogP contribution in [0.1, 0.15) is 6.42 Å². The van der Waals surface area contributed by atoms with Crippen LogP contribution in [0.25, 0.3) is 0 Å². The third-order valence-corrected chi connectivity index (χ3v) is 5.25. The van der Waals surface area contributed by atoms with Crippen molar-refractivity contribution in [1.29, 1.82) is 0 Å². The third kappa shape index (κ3) is 3.29. The lowest BCUT2D eigenvalue weighted by atomic mass is 10.3. The first-order valence-electron chi connectivity index (χ1n) is 7.22. The topological polar surface area (TPSA) is 66.5 Å². The monoisotopic (exact) mass is 352 g/mol. The predicted octanol–water partition coefficient (Wildman–Crippen LogP) is 2.05. The van der Waals surface area contributed by atoms with Gasteiger partial charge < -0.3 is 4.90 Å². The molecule has 1 saturated heterocycles. The van der Waals surface area contributed by atoms with Crippen LogP contribution in [0, 0.1) is 11.6 Å². The average molecular weight is 352 g/mol. The van der Waals surface area contributed by atoms with E-state index in [4.69, 9.17) is 0 Å². The molecule has 1 fully saturated rings. The minimum absolute atomic E-state index is 0.114. The van der Waals surface area contributed by atoms with E-state index in [0.29, 0.717) is 12.2 Å². The highest BCUT2D eigenvalue weighted by Gasteiger charge is 2.35. The molecule has 0 radical (unpaired) electrons. The number of benzene rings is 2. The van der Waals surface area contributed by atoms with Crippen LogP contribution in [-0.4, -0.2) is 26.9 Å². The number of rotatable bonds is 4. The molecular formula is C16H14F2N2O3S. The molecule has 1 aliphatic heterocycles. The molecule has 0 spiro atoms. The van der Waals surface area contributed by atoms with Gasteiger partial charge in [0, 0.05) is 12.2 Å². The highest BCUT2D eigenvalue weighted by atomic mass is 32.2. The number of halogens is 2. The molecule has 2 aromatic carbocycles. The summed E-state index contributed by atoms with van der Waals surface area (Å²) in [5.74, 6) is -1.38. The molecule has 126 valence electrons. The Morgan fingerprint density at radius 1 is 0.958 bits per heavy atom. The van der Waals surface area contributed by atoms with Gasteiger partial charge in [0.25, 0.3) is 0 Å². The molecule has 0 aliphatic carbocycles. The van der Waals surface area contributed by atoms with Gasteiger partial charge in [-0.3, -0.25) is 4.79 Å². The maximum absolute atomic E-state index is 13.0. The Bertz CT molecular complexity index is 852. The van der Waals surface area contributed by atoms with Gasteiger partial charge in [-0.05, 0) is 55.0 Å². The molecule has 3 rings (SSSR count). The molecule has 5 nitrogen and oxygen atoms in total. The van der Waals surface area contributed by atoms with Crippen LogP contribution in [-0.2, 0) is 14.8 Å². The van der Waals surface area contributed by atoms with E-state index in [2.05, 4.69) is 4.72 Å². The van der Waals surface area contributed by atoms with Gasteiger partial charge in [-0.1, -0.05) is 0 Å². The van der Waals surface area contributed by atoms with Crippen molar-refractivity contribution in [2.24, 2.45) is 0 Å². The average Bonchev–Trinajstić information content (AvgIpc) is 2.89. The van der Waals surface area contributed by atoms with Gasteiger partial charge in [0.15, 0.2) is 0 Å². The van der Waals surface area contributed by atoms with Gasteiger partial charge in [-0.2, -0.15) is 4.72 Å². The van der Waals surface area contributed by atoms with Crippen molar-refractivity contribution < 1.29 is 22.0 Å². The summed E-state index contributed by atoms with van der Waals surface area (Å²) >= 11 is 0. The van der Waals surface area contributed by atoms with E-state index >= 15 is 0 Å².